The Morgan fingerprint density at radius 1 is 1.35 bits per heavy atom. The van der Waals surface area contributed by atoms with Crippen molar-refractivity contribution in [3.05, 3.63) is 28.8 Å². The largest absolute Gasteiger partial charge is 0.493 e. The minimum atomic E-state index is -0.262. The summed E-state index contributed by atoms with van der Waals surface area (Å²) >= 11 is 1.32. The third-order valence-corrected chi connectivity index (χ3v) is 3.23. The van der Waals surface area contributed by atoms with Crippen molar-refractivity contribution in [2.24, 2.45) is 0 Å². The minimum Gasteiger partial charge on any atom is -0.493 e. The smallest absolute Gasteiger partial charge is 0.257 e. The number of rotatable bonds is 5. The molecule has 0 aliphatic heterocycles. The first-order valence-corrected chi connectivity index (χ1v) is 6.88. The van der Waals surface area contributed by atoms with Crippen LogP contribution in [0.1, 0.15) is 22.3 Å². The van der Waals surface area contributed by atoms with Gasteiger partial charge >= 0.3 is 0 Å². The van der Waals surface area contributed by atoms with Crippen molar-refractivity contribution in [1.29, 1.82) is 0 Å². The predicted molar refractivity (Wildman–Crippen MR) is 76.8 cm³/mol. The zero-order chi connectivity index (χ0) is 14.5. The Morgan fingerprint density at radius 2 is 2.15 bits per heavy atom. The molecule has 1 heterocycles. The van der Waals surface area contributed by atoms with Gasteiger partial charge in [-0.05, 0) is 32.0 Å². The molecule has 0 bridgehead atoms. The number of methoxy groups -OCH3 is 1. The van der Waals surface area contributed by atoms with Gasteiger partial charge in [0.2, 0.25) is 5.13 Å². The Morgan fingerprint density at radius 3 is 2.75 bits per heavy atom. The zero-order valence-corrected chi connectivity index (χ0v) is 12.3. The predicted octanol–water partition coefficient (Wildman–Crippen LogP) is 2.51. The third-order valence-electron chi connectivity index (χ3n) is 2.47. The summed E-state index contributed by atoms with van der Waals surface area (Å²) in [7, 11) is 1.54. The summed E-state index contributed by atoms with van der Waals surface area (Å²) in [6, 6.07) is 5.02. The van der Waals surface area contributed by atoms with E-state index >= 15 is 0 Å². The normalized spacial score (nSPS) is 10.2. The fourth-order valence-corrected chi connectivity index (χ4v) is 2.19. The SMILES string of the molecule is CCOc1ccc(C(=O)Nc2nnc(C)s2)cc1OC. The monoisotopic (exact) mass is 293 g/mol. The van der Waals surface area contributed by atoms with Gasteiger partial charge in [-0.25, -0.2) is 0 Å². The number of hydrogen-bond donors (Lipinski definition) is 1. The first-order valence-electron chi connectivity index (χ1n) is 6.06. The molecule has 7 heteroatoms. The maximum absolute atomic E-state index is 12.1. The van der Waals surface area contributed by atoms with Gasteiger partial charge in [0.05, 0.1) is 13.7 Å². The van der Waals surface area contributed by atoms with Gasteiger partial charge in [-0.3, -0.25) is 10.1 Å². The highest BCUT2D eigenvalue weighted by atomic mass is 32.1. The molecule has 1 aromatic carbocycles. The van der Waals surface area contributed by atoms with Crippen molar-refractivity contribution in [3.8, 4) is 11.5 Å². The number of aryl methyl sites for hydroxylation is 1. The van der Waals surface area contributed by atoms with Crippen molar-refractivity contribution in [3.63, 3.8) is 0 Å². The Balaban J connectivity index is 2.17. The maximum Gasteiger partial charge on any atom is 0.257 e. The average molecular weight is 293 g/mol. The minimum absolute atomic E-state index is 0.262. The van der Waals surface area contributed by atoms with Crippen molar-refractivity contribution in [2.75, 3.05) is 19.0 Å². The number of carbonyl (C=O) groups excluding carboxylic acids is 1. The van der Waals surface area contributed by atoms with E-state index in [2.05, 4.69) is 15.5 Å². The van der Waals surface area contributed by atoms with Crippen LogP contribution < -0.4 is 14.8 Å². The Labute approximate surface area is 120 Å². The van der Waals surface area contributed by atoms with Crippen LogP contribution in [0.4, 0.5) is 5.13 Å². The molecule has 1 aromatic heterocycles. The number of carbonyl (C=O) groups is 1. The summed E-state index contributed by atoms with van der Waals surface area (Å²) in [5.41, 5.74) is 0.471. The molecule has 0 aliphatic carbocycles. The Hall–Kier alpha value is -2.15. The molecule has 6 nitrogen and oxygen atoms in total. The molecule has 1 amide bonds. The van der Waals surface area contributed by atoms with E-state index in [1.807, 2.05) is 13.8 Å². The molecule has 106 valence electrons. The van der Waals surface area contributed by atoms with Gasteiger partial charge in [-0.15, -0.1) is 10.2 Å². The van der Waals surface area contributed by atoms with Crippen molar-refractivity contribution >= 4 is 22.4 Å². The first-order chi connectivity index (χ1) is 9.63. The van der Waals surface area contributed by atoms with E-state index in [-0.39, 0.29) is 5.91 Å². The molecular formula is C13H15N3O3S. The molecule has 0 saturated heterocycles. The number of benzene rings is 1. The van der Waals surface area contributed by atoms with Gasteiger partial charge in [0, 0.05) is 5.56 Å². The molecular weight excluding hydrogens is 278 g/mol. The van der Waals surface area contributed by atoms with Crippen LogP contribution in [0.5, 0.6) is 11.5 Å². The molecule has 1 N–H and O–H groups in total. The van der Waals surface area contributed by atoms with Crippen molar-refractivity contribution in [1.82, 2.24) is 10.2 Å². The maximum atomic E-state index is 12.1. The highest BCUT2D eigenvalue weighted by Crippen LogP contribution is 2.28. The second kappa shape index (κ2) is 6.33. The van der Waals surface area contributed by atoms with Gasteiger partial charge in [0.15, 0.2) is 11.5 Å². The van der Waals surface area contributed by atoms with Crippen LogP contribution >= 0.6 is 11.3 Å². The van der Waals surface area contributed by atoms with E-state index in [0.717, 1.165) is 5.01 Å². The second-order valence-corrected chi connectivity index (χ2v) is 5.06. The summed E-state index contributed by atoms with van der Waals surface area (Å²) in [6.07, 6.45) is 0. The highest BCUT2D eigenvalue weighted by Gasteiger charge is 2.12. The van der Waals surface area contributed by atoms with E-state index in [1.165, 1.54) is 18.4 Å². The van der Waals surface area contributed by atoms with Gasteiger partial charge in [-0.1, -0.05) is 11.3 Å². The average Bonchev–Trinajstić information content (AvgIpc) is 2.84. The lowest BCUT2D eigenvalue weighted by Gasteiger charge is -2.10. The molecule has 20 heavy (non-hydrogen) atoms. The van der Waals surface area contributed by atoms with E-state index < -0.39 is 0 Å². The number of hydrogen-bond acceptors (Lipinski definition) is 6. The van der Waals surface area contributed by atoms with Crippen LogP contribution in [0, 0.1) is 6.92 Å². The molecule has 0 unspecified atom stereocenters. The van der Waals surface area contributed by atoms with Gasteiger partial charge in [0.25, 0.3) is 5.91 Å². The lowest BCUT2D eigenvalue weighted by Crippen LogP contribution is -2.12. The van der Waals surface area contributed by atoms with Gasteiger partial charge in [-0.2, -0.15) is 0 Å². The summed E-state index contributed by atoms with van der Waals surface area (Å²) in [5.74, 6) is 0.869. The fraction of sp³-hybridized carbons (Fsp3) is 0.308. The van der Waals surface area contributed by atoms with Crippen LogP contribution in [-0.4, -0.2) is 29.8 Å². The number of anilines is 1. The standard InChI is InChI=1S/C13H15N3O3S/c1-4-19-10-6-5-9(7-11(10)18-3)12(17)14-13-16-15-8(2)20-13/h5-7H,4H2,1-3H3,(H,14,16,17). The zero-order valence-electron chi connectivity index (χ0n) is 11.5. The second-order valence-electron chi connectivity index (χ2n) is 3.88. The molecule has 0 atom stereocenters. The number of ether oxygens (including phenoxy) is 2. The first kappa shape index (κ1) is 14.3. The van der Waals surface area contributed by atoms with Crippen LogP contribution in [0.25, 0.3) is 0 Å². The number of nitrogens with zero attached hydrogens (tertiary/aromatic N) is 2. The molecule has 0 fully saturated rings. The van der Waals surface area contributed by atoms with E-state index in [4.69, 9.17) is 9.47 Å². The Bertz CT molecular complexity index is 613. The summed E-state index contributed by atoms with van der Waals surface area (Å²) < 4.78 is 10.6. The molecule has 2 rings (SSSR count). The van der Waals surface area contributed by atoms with Crippen LogP contribution in [-0.2, 0) is 0 Å². The Kier molecular flexibility index (Phi) is 4.52. The molecule has 0 aliphatic rings. The summed E-state index contributed by atoms with van der Waals surface area (Å²) in [6.45, 7) is 4.25. The fourth-order valence-electron chi connectivity index (χ4n) is 1.60. The third kappa shape index (κ3) is 3.24. The van der Waals surface area contributed by atoms with E-state index in [1.54, 1.807) is 18.2 Å². The van der Waals surface area contributed by atoms with Crippen molar-refractivity contribution < 1.29 is 14.3 Å². The summed E-state index contributed by atoms with van der Waals surface area (Å²) in [5, 5.41) is 11.7. The summed E-state index contributed by atoms with van der Waals surface area (Å²) in [4.78, 5) is 12.1. The molecule has 0 spiro atoms. The lowest BCUT2D eigenvalue weighted by molar-refractivity contribution is 0.102. The topological polar surface area (TPSA) is 73.3 Å². The molecule has 0 radical (unpaired) electrons. The van der Waals surface area contributed by atoms with Gasteiger partial charge in [0.1, 0.15) is 5.01 Å². The number of amides is 1. The van der Waals surface area contributed by atoms with Gasteiger partial charge < -0.3 is 9.47 Å². The lowest BCUT2D eigenvalue weighted by atomic mass is 10.2. The number of aromatic nitrogens is 2. The van der Waals surface area contributed by atoms with Crippen LogP contribution in [0.2, 0.25) is 0 Å². The highest BCUT2D eigenvalue weighted by molar-refractivity contribution is 7.15. The van der Waals surface area contributed by atoms with E-state index in [0.29, 0.717) is 28.8 Å². The van der Waals surface area contributed by atoms with Crippen molar-refractivity contribution in [2.45, 2.75) is 13.8 Å². The number of nitrogens with one attached hydrogen (secondary N) is 1. The van der Waals surface area contributed by atoms with E-state index in [9.17, 15) is 4.79 Å². The van der Waals surface area contributed by atoms with Crippen LogP contribution in [0.3, 0.4) is 0 Å². The quantitative estimate of drug-likeness (QED) is 0.917. The molecule has 0 saturated carbocycles. The van der Waals surface area contributed by atoms with Crippen LogP contribution in [0.15, 0.2) is 18.2 Å². The molecule has 2 aromatic rings.